The maximum absolute atomic E-state index is 13.7. The van der Waals surface area contributed by atoms with Crippen LogP contribution in [-0.4, -0.2) is 23.4 Å². The number of hydrogen-bond acceptors (Lipinski definition) is 4. The fourth-order valence-corrected chi connectivity index (χ4v) is 1.46. The smallest absolute Gasteiger partial charge is 0.172 e. The Hall–Kier alpha value is -1.35. The standard InChI is InChI=1S/C10H9ClFNO3/c1-16-7-3-2-5(11)8(9(7)12)10(15)6(14)4-13/h2-3,6,10,14-15H,1H3. The molecule has 0 amide bonds. The Morgan fingerprint density at radius 1 is 1.50 bits per heavy atom. The Kier molecular flexibility index (Phi) is 4.07. The minimum absolute atomic E-state index is 0.0832. The lowest BCUT2D eigenvalue weighted by atomic mass is 10.0. The number of rotatable bonds is 3. The van der Waals surface area contributed by atoms with E-state index in [1.54, 1.807) is 0 Å². The van der Waals surface area contributed by atoms with Crippen LogP contribution in [0.3, 0.4) is 0 Å². The van der Waals surface area contributed by atoms with E-state index < -0.39 is 18.0 Å². The molecule has 0 aliphatic carbocycles. The van der Waals surface area contributed by atoms with E-state index in [4.69, 9.17) is 26.7 Å². The number of benzene rings is 1. The zero-order valence-electron chi connectivity index (χ0n) is 8.32. The van der Waals surface area contributed by atoms with Gasteiger partial charge >= 0.3 is 0 Å². The molecule has 86 valence electrons. The van der Waals surface area contributed by atoms with Gasteiger partial charge in [0.05, 0.1) is 13.2 Å². The minimum atomic E-state index is -1.75. The zero-order valence-corrected chi connectivity index (χ0v) is 9.07. The summed E-state index contributed by atoms with van der Waals surface area (Å²) in [6.07, 6.45) is -3.47. The molecule has 0 saturated carbocycles. The van der Waals surface area contributed by atoms with E-state index in [0.29, 0.717) is 0 Å². The molecule has 0 aromatic heterocycles. The second-order valence-electron chi connectivity index (χ2n) is 3.00. The van der Waals surface area contributed by atoms with Crippen LogP contribution in [0, 0.1) is 17.1 Å². The molecule has 0 heterocycles. The van der Waals surface area contributed by atoms with Crippen molar-refractivity contribution in [3.8, 4) is 11.8 Å². The van der Waals surface area contributed by atoms with Crippen LogP contribution in [0.4, 0.5) is 4.39 Å². The Balaban J connectivity index is 3.27. The molecule has 2 unspecified atom stereocenters. The molecule has 0 fully saturated rings. The van der Waals surface area contributed by atoms with Gasteiger partial charge in [0.25, 0.3) is 0 Å². The van der Waals surface area contributed by atoms with Gasteiger partial charge in [-0.3, -0.25) is 0 Å². The predicted molar refractivity (Wildman–Crippen MR) is 54.5 cm³/mol. The molecule has 0 bridgehead atoms. The van der Waals surface area contributed by atoms with Gasteiger partial charge in [0.15, 0.2) is 17.7 Å². The Bertz CT molecular complexity index is 433. The molecule has 1 aromatic carbocycles. The lowest BCUT2D eigenvalue weighted by Crippen LogP contribution is -2.17. The zero-order chi connectivity index (χ0) is 12.3. The van der Waals surface area contributed by atoms with Gasteiger partial charge < -0.3 is 14.9 Å². The molecule has 1 rings (SSSR count). The Morgan fingerprint density at radius 3 is 2.62 bits per heavy atom. The van der Waals surface area contributed by atoms with Crippen LogP contribution >= 0.6 is 11.6 Å². The lowest BCUT2D eigenvalue weighted by Gasteiger charge is -2.16. The molecule has 1 aromatic rings. The topological polar surface area (TPSA) is 73.5 Å². The van der Waals surface area contributed by atoms with E-state index in [-0.39, 0.29) is 16.3 Å². The quantitative estimate of drug-likeness (QED) is 0.790. The molecular weight excluding hydrogens is 237 g/mol. The summed E-state index contributed by atoms with van der Waals surface area (Å²) in [5.74, 6) is -1.01. The van der Waals surface area contributed by atoms with Crippen LogP contribution in [0.25, 0.3) is 0 Å². The highest BCUT2D eigenvalue weighted by Crippen LogP contribution is 2.33. The van der Waals surface area contributed by atoms with Gasteiger partial charge in [0, 0.05) is 10.6 Å². The fourth-order valence-electron chi connectivity index (χ4n) is 1.21. The third-order valence-electron chi connectivity index (χ3n) is 2.04. The van der Waals surface area contributed by atoms with E-state index in [1.807, 2.05) is 0 Å². The summed E-state index contributed by atoms with van der Waals surface area (Å²) in [7, 11) is 1.25. The molecule has 0 aliphatic heterocycles. The Labute approximate surface area is 96.5 Å². The van der Waals surface area contributed by atoms with Crippen LogP contribution in [-0.2, 0) is 0 Å². The first kappa shape index (κ1) is 12.7. The van der Waals surface area contributed by atoms with Crippen molar-refractivity contribution in [3.05, 3.63) is 28.5 Å². The number of hydrogen-bond donors (Lipinski definition) is 2. The molecular formula is C10H9ClFNO3. The summed E-state index contributed by atoms with van der Waals surface area (Å²) in [6.45, 7) is 0. The van der Waals surface area contributed by atoms with Crippen molar-refractivity contribution < 1.29 is 19.3 Å². The molecule has 0 spiro atoms. The van der Waals surface area contributed by atoms with Crippen molar-refractivity contribution in [1.29, 1.82) is 5.26 Å². The molecule has 4 nitrogen and oxygen atoms in total. The van der Waals surface area contributed by atoms with Crippen LogP contribution in [0.1, 0.15) is 11.7 Å². The first-order chi connectivity index (χ1) is 7.52. The van der Waals surface area contributed by atoms with Crippen molar-refractivity contribution in [2.45, 2.75) is 12.2 Å². The summed E-state index contributed by atoms with van der Waals surface area (Å²) < 4.78 is 18.4. The van der Waals surface area contributed by atoms with Crippen molar-refractivity contribution in [2.75, 3.05) is 7.11 Å². The molecule has 2 atom stereocenters. The summed E-state index contributed by atoms with van der Waals surface area (Å²) in [5, 5.41) is 27.0. The van der Waals surface area contributed by atoms with E-state index in [1.165, 1.54) is 25.3 Å². The monoisotopic (exact) mass is 245 g/mol. The second-order valence-corrected chi connectivity index (χ2v) is 3.40. The summed E-state index contributed by atoms with van der Waals surface area (Å²) in [6, 6.07) is 3.99. The second kappa shape index (κ2) is 5.12. The highest BCUT2D eigenvalue weighted by atomic mass is 35.5. The van der Waals surface area contributed by atoms with E-state index in [9.17, 15) is 9.50 Å². The number of aliphatic hydroxyl groups excluding tert-OH is 2. The summed E-state index contributed by atoms with van der Waals surface area (Å²) in [5.41, 5.74) is -0.352. The maximum atomic E-state index is 13.7. The highest BCUT2D eigenvalue weighted by molar-refractivity contribution is 6.31. The third-order valence-corrected chi connectivity index (χ3v) is 2.37. The number of ether oxygens (including phenoxy) is 1. The highest BCUT2D eigenvalue weighted by Gasteiger charge is 2.26. The number of methoxy groups -OCH3 is 1. The van der Waals surface area contributed by atoms with Gasteiger partial charge in [-0.2, -0.15) is 5.26 Å². The van der Waals surface area contributed by atoms with Crippen LogP contribution in [0.5, 0.6) is 5.75 Å². The number of halogens is 2. The van der Waals surface area contributed by atoms with Gasteiger partial charge in [-0.1, -0.05) is 11.6 Å². The van der Waals surface area contributed by atoms with Gasteiger partial charge in [0.1, 0.15) is 6.10 Å². The Morgan fingerprint density at radius 2 is 2.12 bits per heavy atom. The molecule has 0 radical (unpaired) electrons. The molecule has 16 heavy (non-hydrogen) atoms. The number of nitriles is 1. The van der Waals surface area contributed by atoms with Crippen LogP contribution in [0.15, 0.2) is 12.1 Å². The van der Waals surface area contributed by atoms with E-state index in [2.05, 4.69) is 0 Å². The average Bonchev–Trinajstić information content (AvgIpc) is 2.28. The normalized spacial score (nSPS) is 14.0. The molecule has 0 saturated heterocycles. The van der Waals surface area contributed by atoms with Crippen molar-refractivity contribution in [1.82, 2.24) is 0 Å². The first-order valence-corrected chi connectivity index (χ1v) is 4.68. The van der Waals surface area contributed by atoms with Crippen molar-refractivity contribution in [3.63, 3.8) is 0 Å². The van der Waals surface area contributed by atoms with E-state index >= 15 is 0 Å². The fraction of sp³-hybridized carbons (Fsp3) is 0.300. The summed E-state index contributed by atoms with van der Waals surface area (Å²) in [4.78, 5) is 0. The first-order valence-electron chi connectivity index (χ1n) is 4.30. The van der Waals surface area contributed by atoms with Crippen molar-refractivity contribution in [2.24, 2.45) is 0 Å². The average molecular weight is 246 g/mol. The SMILES string of the molecule is COc1ccc(Cl)c(C(O)C(O)C#N)c1F. The largest absolute Gasteiger partial charge is 0.494 e. The van der Waals surface area contributed by atoms with Gasteiger partial charge in [-0.15, -0.1) is 0 Å². The van der Waals surface area contributed by atoms with Gasteiger partial charge in [-0.05, 0) is 12.1 Å². The van der Waals surface area contributed by atoms with Crippen molar-refractivity contribution >= 4 is 11.6 Å². The third kappa shape index (κ3) is 2.25. The van der Waals surface area contributed by atoms with Gasteiger partial charge in [-0.25, -0.2) is 4.39 Å². The lowest BCUT2D eigenvalue weighted by molar-refractivity contribution is 0.0501. The molecule has 2 N–H and O–H groups in total. The van der Waals surface area contributed by atoms with Gasteiger partial charge in [0.2, 0.25) is 0 Å². The minimum Gasteiger partial charge on any atom is -0.494 e. The van der Waals surface area contributed by atoms with Crippen LogP contribution < -0.4 is 4.74 Å². The molecule has 6 heteroatoms. The number of aliphatic hydroxyl groups is 2. The maximum Gasteiger partial charge on any atom is 0.172 e. The van der Waals surface area contributed by atoms with E-state index in [0.717, 1.165) is 0 Å². The van der Waals surface area contributed by atoms with Crippen LogP contribution in [0.2, 0.25) is 5.02 Å². The number of nitrogens with zero attached hydrogens (tertiary/aromatic N) is 1. The molecule has 0 aliphatic rings. The predicted octanol–water partition coefficient (Wildman–Crippen LogP) is 1.41. The summed E-state index contributed by atoms with van der Waals surface area (Å²) >= 11 is 5.68.